The average molecular weight is 444 g/mol. The van der Waals surface area contributed by atoms with E-state index < -0.39 is 0 Å². The number of nitrogens with zero attached hydrogens (tertiary/aromatic N) is 4. The van der Waals surface area contributed by atoms with Crippen molar-refractivity contribution in [3.05, 3.63) is 54.7 Å². The molecule has 170 valence electrons. The fraction of sp³-hybridized carbons (Fsp3) is 0.400. The Labute approximate surface area is 193 Å². The fourth-order valence-corrected chi connectivity index (χ4v) is 3.96. The summed E-state index contributed by atoms with van der Waals surface area (Å²) in [6, 6.07) is 8.04. The number of amides is 1. The molecule has 2 saturated carbocycles. The molecule has 0 radical (unpaired) electrons. The van der Waals surface area contributed by atoms with Gasteiger partial charge in [-0.15, -0.1) is 0 Å². The first-order valence-electron chi connectivity index (χ1n) is 11.8. The molecule has 0 spiro atoms. The van der Waals surface area contributed by atoms with Crippen LogP contribution in [0.4, 0.5) is 17.5 Å². The van der Waals surface area contributed by atoms with Crippen LogP contribution >= 0.6 is 0 Å². The van der Waals surface area contributed by atoms with Gasteiger partial charge in [0.1, 0.15) is 12.1 Å². The molecular weight excluding hydrogens is 414 g/mol. The monoisotopic (exact) mass is 443 g/mol. The number of carbonyl (C=O) groups is 1. The van der Waals surface area contributed by atoms with Gasteiger partial charge in [0.05, 0.1) is 0 Å². The summed E-state index contributed by atoms with van der Waals surface area (Å²) in [5.74, 6) is 2.43. The maximum atomic E-state index is 12.0. The van der Waals surface area contributed by atoms with Gasteiger partial charge in [0.15, 0.2) is 0 Å². The van der Waals surface area contributed by atoms with Gasteiger partial charge in [0.25, 0.3) is 0 Å². The molecule has 33 heavy (non-hydrogen) atoms. The minimum absolute atomic E-state index is 0.206. The third kappa shape index (κ3) is 5.45. The van der Waals surface area contributed by atoms with Crippen LogP contribution in [-0.4, -0.2) is 38.9 Å². The molecule has 0 bridgehead atoms. The number of carbonyl (C=O) groups excluding carboxylic acids is 1. The Morgan fingerprint density at radius 3 is 2.61 bits per heavy atom. The second-order valence-corrected chi connectivity index (χ2v) is 8.80. The van der Waals surface area contributed by atoms with Crippen molar-refractivity contribution in [1.29, 1.82) is 0 Å². The third-order valence-corrected chi connectivity index (χ3v) is 6.27. The van der Waals surface area contributed by atoms with Crippen molar-refractivity contribution < 1.29 is 4.79 Å². The van der Waals surface area contributed by atoms with Gasteiger partial charge in [-0.05, 0) is 55.7 Å². The molecule has 2 heterocycles. The first-order valence-corrected chi connectivity index (χ1v) is 11.8. The predicted octanol–water partition coefficient (Wildman–Crippen LogP) is 4.27. The summed E-state index contributed by atoms with van der Waals surface area (Å²) >= 11 is 0. The normalized spacial score (nSPS) is 15.5. The Hall–Kier alpha value is -3.55. The molecule has 5 rings (SSSR count). The molecule has 1 amide bonds. The molecule has 0 saturated heterocycles. The van der Waals surface area contributed by atoms with E-state index in [4.69, 9.17) is 4.98 Å². The van der Waals surface area contributed by atoms with E-state index >= 15 is 0 Å². The summed E-state index contributed by atoms with van der Waals surface area (Å²) in [6.07, 6.45) is 13.5. The van der Waals surface area contributed by atoms with Crippen LogP contribution in [0.3, 0.4) is 0 Å². The zero-order chi connectivity index (χ0) is 22.5. The highest BCUT2D eigenvalue weighted by Gasteiger charge is 2.28. The highest BCUT2D eigenvalue weighted by Crippen LogP contribution is 2.42. The Bertz CT molecular complexity index is 1100. The van der Waals surface area contributed by atoms with E-state index in [-0.39, 0.29) is 11.8 Å². The van der Waals surface area contributed by atoms with Crippen molar-refractivity contribution in [2.45, 2.75) is 44.4 Å². The Kier molecular flexibility index (Phi) is 6.41. The summed E-state index contributed by atoms with van der Waals surface area (Å²) in [6.45, 7) is 1.44. The molecule has 2 aliphatic rings. The van der Waals surface area contributed by atoms with Gasteiger partial charge in [0.2, 0.25) is 11.9 Å². The number of benzene rings is 1. The minimum Gasteiger partial charge on any atom is -0.370 e. The summed E-state index contributed by atoms with van der Waals surface area (Å²) in [7, 11) is 0. The summed E-state index contributed by atoms with van der Waals surface area (Å²) in [5, 5.41) is 9.84. The fourth-order valence-electron chi connectivity index (χ4n) is 3.96. The first kappa shape index (κ1) is 21.3. The largest absolute Gasteiger partial charge is 0.370 e. The van der Waals surface area contributed by atoms with E-state index in [0.717, 1.165) is 48.4 Å². The van der Waals surface area contributed by atoms with E-state index in [9.17, 15) is 4.79 Å². The topological polar surface area (TPSA) is 105 Å². The van der Waals surface area contributed by atoms with Crippen LogP contribution in [-0.2, 0) is 4.79 Å². The summed E-state index contributed by atoms with van der Waals surface area (Å²) in [4.78, 5) is 29.5. The van der Waals surface area contributed by atoms with E-state index in [2.05, 4.69) is 30.9 Å². The number of nitrogens with one attached hydrogen (secondary N) is 3. The molecule has 0 aliphatic heterocycles. The summed E-state index contributed by atoms with van der Waals surface area (Å²) in [5.41, 5.74) is 4.06. The molecule has 2 aromatic heterocycles. The minimum atomic E-state index is 0.206. The highest BCUT2D eigenvalue weighted by atomic mass is 16.1. The zero-order valence-electron chi connectivity index (χ0n) is 18.6. The van der Waals surface area contributed by atoms with Crippen LogP contribution in [0.5, 0.6) is 0 Å². The van der Waals surface area contributed by atoms with E-state index in [1.807, 2.05) is 30.5 Å². The maximum absolute atomic E-state index is 12.0. The van der Waals surface area contributed by atoms with Crippen molar-refractivity contribution >= 4 is 23.4 Å². The van der Waals surface area contributed by atoms with Gasteiger partial charge in [-0.25, -0.2) is 15.0 Å². The van der Waals surface area contributed by atoms with Crippen molar-refractivity contribution in [2.24, 2.45) is 5.92 Å². The van der Waals surface area contributed by atoms with Crippen LogP contribution in [0.2, 0.25) is 0 Å². The number of rotatable bonds is 10. The molecule has 0 unspecified atom stereocenters. The molecule has 3 N–H and O–H groups in total. The van der Waals surface area contributed by atoms with Crippen molar-refractivity contribution in [3.63, 3.8) is 0 Å². The summed E-state index contributed by atoms with van der Waals surface area (Å²) < 4.78 is 0. The lowest BCUT2D eigenvalue weighted by molar-refractivity contribution is -0.127. The smallest absolute Gasteiger partial charge is 0.229 e. The third-order valence-electron chi connectivity index (χ3n) is 6.27. The van der Waals surface area contributed by atoms with Gasteiger partial charge in [-0.3, -0.25) is 4.79 Å². The van der Waals surface area contributed by atoms with Crippen molar-refractivity contribution in [1.82, 2.24) is 25.3 Å². The molecule has 2 aliphatic carbocycles. The van der Waals surface area contributed by atoms with Gasteiger partial charge < -0.3 is 16.0 Å². The van der Waals surface area contributed by atoms with Gasteiger partial charge in [-0.1, -0.05) is 18.6 Å². The van der Waals surface area contributed by atoms with Crippen LogP contribution in [0.25, 0.3) is 11.1 Å². The second kappa shape index (κ2) is 9.94. The predicted molar refractivity (Wildman–Crippen MR) is 128 cm³/mol. The van der Waals surface area contributed by atoms with E-state index in [1.54, 1.807) is 12.4 Å². The van der Waals surface area contributed by atoms with E-state index in [1.165, 1.54) is 31.2 Å². The lowest BCUT2D eigenvalue weighted by Crippen LogP contribution is -2.35. The first-order chi connectivity index (χ1) is 16.3. The zero-order valence-corrected chi connectivity index (χ0v) is 18.6. The number of aromatic nitrogens is 4. The van der Waals surface area contributed by atoms with E-state index in [0.29, 0.717) is 18.4 Å². The lowest BCUT2D eigenvalue weighted by Gasteiger charge is -2.24. The van der Waals surface area contributed by atoms with Gasteiger partial charge in [0, 0.05) is 54.4 Å². The van der Waals surface area contributed by atoms with Gasteiger partial charge in [-0.2, -0.15) is 4.98 Å². The van der Waals surface area contributed by atoms with Crippen molar-refractivity contribution in [2.75, 3.05) is 23.7 Å². The standard InChI is InChI=1S/C25H29N7O/c33-24(18-4-1-5-18)29-11-3-10-28-23-22(17-8-9-17)15-30-25(32-23)31-21-7-2-6-19(12-21)20-13-26-16-27-14-20/h2,6-7,12-18H,1,3-5,8-11H2,(H,29,33)(H2,28,30,31,32). The van der Waals surface area contributed by atoms with Crippen LogP contribution < -0.4 is 16.0 Å². The molecule has 2 fully saturated rings. The van der Waals surface area contributed by atoms with Crippen molar-refractivity contribution in [3.8, 4) is 11.1 Å². The lowest BCUT2D eigenvalue weighted by atomic mass is 9.85. The Morgan fingerprint density at radius 1 is 1.00 bits per heavy atom. The average Bonchev–Trinajstić information content (AvgIpc) is 3.64. The maximum Gasteiger partial charge on any atom is 0.229 e. The molecular formula is C25H29N7O. The quantitative estimate of drug-likeness (QED) is 0.402. The number of anilines is 3. The number of hydrogen-bond acceptors (Lipinski definition) is 7. The number of hydrogen-bond donors (Lipinski definition) is 3. The Morgan fingerprint density at radius 2 is 1.85 bits per heavy atom. The van der Waals surface area contributed by atoms with Gasteiger partial charge >= 0.3 is 0 Å². The SMILES string of the molecule is O=C(NCCCNc1nc(Nc2cccc(-c3cncnc3)c2)ncc1C1CC1)C1CCC1. The van der Waals surface area contributed by atoms with Crippen LogP contribution in [0.15, 0.2) is 49.2 Å². The van der Waals surface area contributed by atoms with Crippen LogP contribution in [0, 0.1) is 5.92 Å². The molecule has 3 aromatic rings. The second-order valence-electron chi connectivity index (χ2n) is 8.80. The van der Waals surface area contributed by atoms with Crippen LogP contribution in [0.1, 0.15) is 50.0 Å². The highest BCUT2D eigenvalue weighted by molar-refractivity contribution is 5.79. The molecule has 0 atom stereocenters. The molecule has 8 nitrogen and oxygen atoms in total. The molecule has 8 heteroatoms. The molecule has 1 aromatic carbocycles. The Balaban J connectivity index is 1.21.